The number of amides is 1. The number of methoxy groups -OCH3 is 1. The van der Waals surface area contributed by atoms with Gasteiger partial charge in [-0.1, -0.05) is 24.3 Å². The summed E-state index contributed by atoms with van der Waals surface area (Å²) in [5, 5.41) is 2.64. The van der Waals surface area contributed by atoms with Crippen molar-refractivity contribution >= 4 is 22.0 Å². The Morgan fingerprint density at radius 3 is 2.44 bits per heavy atom. The SMILES string of the molecule is COc1cc(/C=C/C(=O)NCc2ccccc2S(=O)(=O)NC(C)(C)C)ccc1OC(F)F. The van der Waals surface area contributed by atoms with E-state index in [0.717, 1.165) is 0 Å². The highest BCUT2D eigenvalue weighted by Crippen LogP contribution is 2.29. The summed E-state index contributed by atoms with van der Waals surface area (Å²) in [7, 11) is -2.46. The highest BCUT2D eigenvalue weighted by Gasteiger charge is 2.24. The maximum atomic E-state index is 12.7. The molecule has 1 amide bonds. The summed E-state index contributed by atoms with van der Waals surface area (Å²) < 4.78 is 62.1. The zero-order valence-corrected chi connectivity index (χ0v) is 19.0. The van der Waals surface area contributed by atoms with Gasteiger partial charge in [-0.2, -0.15) is 8.78 Å². The highest BCUT2D eigenvalue weighted by atomic mass is 32.2. The molecule has 32 heavy (non-hydrogen) atoms. The minimum atomic E-state index is -3.77. The number of benzene rings is 2. The van der Waals surface area contributed by atoms with Crippen LogP contribution < -0.4 is 19.5 Å². The maximum Gasteiger partial charge on any atom is 0.387 e. The van der Waals surface area contributed by atoms with Gasteiger partial charge < -0.3 is 14.8 Å². The molecule has 0 fully saturated rings. The summed E-state index contributed by atoms with van der Waals surface area (Å²) in [5.74, 6) is -0.489. The van der Waals surface area contributed by atoms with Crippen LogP contribution in [0.3, 0.4) is 0 Å². The first-order chi connectivity index (χ1) is 14.9. The number of rotatable bonds is 9. The molecular weight excluding hydrogens is 442 g/mol. The van der Waals surface area contributed by atoms with Gasteiger partial charge in [-0.3, -0.25) is 4.79 Å². The summed E-state index contributed by atoms with van der Waals surface area (Å²) in [6.07, 6.45) is 2.71. The molecule has 0 bridgehead atoms. The fourth-order valence-corrected chi connectivity index (χ4v) is 4.42. The van der Waals surface area contributed by atoms with E-state index in [2.05, 4.69) is 14.8 Å². The standard InChI is InChI=1S/C22H26F2N2O5S/c1-22(2,3)26-32(28,29)19-8-6-5-7-16(19)14-25-20(27)12-10-15-9-11-17(31-21(23)24)18(13-15)30-4/h5-13,21,26H,14H2,1-4H3,(H,25,27)/b12-10+. The average Bonchev–Trinajstić information content (AvgIpc) is 2.69. The van der Waals surface area contributed by atoms with Crippen molar-refractivity contribution in [3.05, 3.63) is 59.7 Å². The van der Waals surface area contributed by atoms with E-state index in [-0.39, 0.29) is 22.9 Å². The molecule has 0 atom stereocenters. The van der Waals surface area contributed by atoms with Crippen LogP contribution in [-0.2, 0) is 21.4 Å². The molecule has 7 nitrogen and oxygen atoms in total. The average molecular weight is 469 g/mol. The van der Waals surface area contributed by atoms with Crippen molar-refractivity contribution in [2.75, 3.05) is 7.11 Å². The summed E-state index contributed by atoms with van der Waals surface area (Å²) in [4.78, 5) is 12.3. The topological polar surface area (TPSA) is 93.7 Å². The Balaban J connectivity index is 2.09. The predicted molar refractivity (Wildman–Crippen MR) is 117 cm³/mol. The summed E-state index contributed by atoms with van der Waals surface area (Å²) in [5.41, 5.74) is 0.298. The fraction of sp³-hybridized carbons (Fsp3) is 0.318. The van der Waals surface area contributed by atoms with E-state index in [1.165, 1.54) is 43.5 Å². The lowest BCUT2D eigenvalue weighted by atomic mass is 10.1. The van der Waals surface area contributed by atoms with Crippen molar-refractivity contribution in [1.82, 2.24) is 10.0 Å². The number of ether oxygens (including phenoxy) is 2. The van der Waals surface area contributed by atoms with Crippen LogP contribution in [0.5, 0.6) is 11.5 Å². The Kier molecular flexibility index (Phi) is 8.34. The van der Waals surface area contributed by atoms with Crippen LogP contribution in [-0.4, -0.2) is 33.6 Å². The molecule has 0 aromatic heterocycles. The van der Waals surface area contributed by atoms with E-state index in [9.17, 15) is 22.0 Å². The number of sulfonamides is 1. The van der Waals surface area contributed by atoms with E-state index in [1.54, 1.807) is 39.0 Å². The van der Waals surface area contributed by atoms with Crippen molar-refractivity contribution in [3.8, 4) is 11.5 Å². The summed E-state index contributed by atoms with van der Waals surface area (Å²) in [6.45, 7) is 2.22. The fourth-order valence-electron chi connectivity index (χ4n) is 2.76. The Bertz CT molecular complexity index is 1080. The molecule has 0 spiro atoms. The van der Waals surface area contributed by atoms with Crippen molar-refractivity contribution in [2.24, 2.45) is 0 Å². The quantitative estimate of drug-likeness (QED) is 0.548. The number of halogens is 2. The second-order valence-electron chi connectivity index (χ2n) is 7.80. The third-order valence-corrected chi connectivity index (χ3v) is 5.85. The Morgan fingerprint density at radius 2 is 1.81 bits per heavy atom. The molecule has 2 rings (SSSR count). The number of alkyl halides is 2. The van der Waals surface area contributed by atoms with Crippen molar-refractivity contribution in [1.29, 1.82) is 0 Å². The Hall–Kier alpha value is -2.98. The molecule has 0 saturated carbocycles. The van der Waals surface area contributed by atoms with Crippen molar-refractivity contribution in [2.45, 2.75) is 44.4 Å². The number of carbonyl (C=O) groups is 1. The molecule has 174 valence electrons. The summed E-state index contributed by atoms with van der Waals surface area (Å²) >= 11 is 0. The van der Waals surface area contributed by atoms with Crippen LogP contribution in [0, 0.1) is 0 Å². The monoisotopic (exact) mass is 468 g/mol. The van der Waals surface area contributed by atoms with Crippen LogP contribution >= 0.6 is 0 Å². The number of hydrogen-bond donors (Lipinski definition) is 2. The van der Waals surface area contributed by atoms with E-state index in [0.29, 0.717) is 11.1 Å². The molecule has 10 heteroatoms. The largest absolute Gasteiger partial charge is 0.493 e. The first-order valence-corrected chi connectivity index (χ1v) is 11.1. The van der Waals surface area contributed by atoms with Gasteiger partial charge in [0.1, 0.15) is 0 Å². The predicted octanol–water partition coefficient (Wildman–Crippen LogP) is 3.70. The van der Waals surface area contributed by atoms with Gasteiger partial charge in [0.2, 0.25) is 15.9 Å². The molecule has 0 saturated heterocycles. The van der Waals surface area contributed by atoms with Gasteiger partial charge in [-0.15, -0.1) is 0 Å². The minimum Gasteiger partial charge on any atom is -0.493 e. The Labute approximate surface area is 186 Å². The highest BCUT2D eigenvalue weighted by molar-refractivity contribution is 7.89. The van der Waals surface area contributed by atoms with Crippen LogP contribution in [0.15, 0.2) is 53.4 Å². The Morgan fingerprint density at radius 1 is 1.12 bits per heavy atom. The van der Waals surface area contributed by atoms with E-state index < -0.39 is 28.1 Å². The number of hydrogen-bond acceptors (Lipinski definition) is 5. The lowest BCUT2D eigenvalue weighted by Gasteiger charge is -2.21. The molecule has 0 aliphatic heterocycles. The third kappa shape index (κ3) is 7.61. The van der Waals surface area contributed by atoms with Crippen LogP contribution in [0.2, 0.25) is 0 Å². The zero-order chi connectivity index (χ0) is 23.9. The van der Waals surface area contributed by atoms with Gasteiger partial charge in [-0.25, -0.2) is 13.1 Å². The van der Waals surface area contributed by atoms with Gasteiger partial charge in [0, 0.05) is 18.2 Å². The molecule has 0 radical (unpaired) electrons. The molecule has 0 unspecified atom stereocenters. The lowest BCUT2D eigenvalue weighted by molar-refractivity contribution is -0.116. The van der Waals surface area contributed by atoms with Crippen LogP contribution in [0.1, 0.15) is 31.9 Å². The second kappa shape index (κ2) is 10.6. The normalized spacial score (nSPS) is 12.2. The van der Waals surface area contributed by atoms with Gasteiger partial charge in [0.25, 0.3) is 0 Å². The lowest BCUT2D eigenvalue weighted by Crippen LogP contribution is -2.41. The molecule has 0 aliphatic rings. The molecule has 0 heterocycles. The first-order valence-electron chi connectivity index (χ1n) is 9.62. The molecule has 2 aromatic rings. The van der Waals surface area contributed by atoms with Gasteiger partial charge in [0.15, 0.2) is 11.5 Å². The molecule has 2 aromatic carbocycles. The second-order valence-corrected chi connectivity index (χ2v) is 9.45. The zero-order valence-electron chi connectivity index (χ0n) is 18.2. The van der Waals surface area contributed by atoms with Crippen LogP contribution in [0.25, 0.3) is 6.08 Å². The van der Waals surface area contributed by atoms with Crippen LogP contribution in [0.4, 0.5) is 8.78 Å². The van der Waals surface area contributed by atoms with E-state index >= 15 is 0 Å². The van der Waals surface area contributed by atoms with E-state index in [1.807, 2.05) is 0 Å². The molecular formula is C22H26F2N2O5S. The molecule has 2 N–H and O–H groups in total. The minimum absolute atomic E-state index is 0.00507. The number of nitrogens with one attached hydrogen (secondary N) is 2. The summed E-state index contributed by atoms with van der Waals surface area (Å²) in [6, 6.07) is 10.6. The third-order valence-electron chi connectivity index (χ3n) is 3.99. The van der Waals surface area contributed by atoms with E-state index in [4.69, 9.17) is 4.74 Å². The van der Waals surface area contributed by atoms with Gasteiger partial charge in [0.05, 0.1) is 12.0 Å². The maximum absolute atomic E-state index is 12.7. The first kappa shape index (κ1) is 25.3. The number of carbonyl (C=O) groups excluding carboxylic acids is 1. The smallest absolute Gasteiger partial charge is 0.387 e. The van der Waals surface area contributed by atoms with Gasteiger partial charge >= 0.3 is 6.61 Å². The molecule has 0 aliphatic carbocycles. The van der Waals surface area contributed by atoms with Gasteiger partial charge in [-0.05, 0) is 56.2 Å². The van der Waals surface area contributed by atoms with Crippen molar-refractivity contribution in [3.63, 3.8) is 0 Å². The van der Waals surface area contributed by atoms with Crippen molar-refractivity contribution < 1.29 is 31.5 Å².